The van der Waals surface area contributed by atoms with Crippen molar-refractivity contribution in [3.8, 4) is 17.4 Å². The number of hydrogen-bond donors (Lipinski definition) is 1. The molecule has 0 saturated heterocycles. The molecule has 39 heavy (non-hydrogen) atoms. The zero-order chi connectivity index (χ0) is 27.8. The van der Waals surface area contributed by atoms with Crippen molar-refractivity contribution in [2.75, 3.05) is 18.5 Å². The maximum atomic E-state index is 13.9. The van der Waals surface area contributed by atoms with E-state index in [-0.39, 0.29) is 28.5 Å². The number of nitriles is 1. The molecule has 2 aromatic carbocycles. The van der Waals surface area contributed by atoms with Crippen molar-refractivity contribution in [3.05, 3.63) is 89.0 Å². The number of amides is 3. The van der Waals surface area contributed by atoms with E-state index >= 15 is 0 Å². The topological polar surface area (TPSA) is 143 Å². The van der Waals surface area contributed by atoms with Gasteiger partial charge in [0.2, 0.25) is 5.91 Å². The Morgan fingerprint density at radius 3 is 2.64 bits per heavy atom. The van der Waals surface area contributed by atoms with Crippen molar-refractivity contribution in [2.45, 2.75) is 19.9 Å². The zero-order valence-corrected chi connectivity index (χ0v) is 21.1. The molecule has 2 N–H and O–H groups in total. The molecule has 2 aromatic heterocycles. The maximum Gasteiger partial charge on any atom is 0.277 e. The standard InChI is InChI=1S/C27H23FN8O3/c1-16(37)33(2)15-25-31-8-10-34(25)19-4-6-23-17(11-19)7-9-35(23)27(39)24-13-22(26(30)38)32-36(24)20-3-5-21(28)18(12-20)14-29/h3-6,8,10-13H,7,9,15H2,1-2H3,(H2,30,38). The normalized spacial score (nSPS) is 12.2. The molecule has 3 amide bonds. The predicted molar refractivity (Wildman–Crippen MR) is 138 cm³/mol. The van der Waals surface area contributed by atoms with Gasteiger partial charge in [0, 0.05) is 50.4 Å². The van der Waals surface area contributed by atoms with Gasteiger partial charge in [-0.1, -0.05) is 0 Å². The Balaban J connectivity index is 1.49. The molecule has 4 aromatic rings. The first-order valence-corrected chi connectivity index (χ1v) is 12.0. The van der Waals surface area contributed by atoms with Crippen LogP contribution >= 0.6 is 0 Å². The number of nitrogens with zero attached hydrogens (tertiary/aromatic N) is 7. The molecule has 0 bridgehead atoms. The fourth-order valence-corrected chi connectivity index (χ4v) is 4.48. The molecular formula is C27H23FN8O3. The van der Waals surface area contributed by atoms with Crippen LogP contribution in [-0.4, -0.2) is 55.5 Å². The fraction of sp³-hybridized carbons (Fsp3) is 0.185. The summed E-state index contributed by atoms with van der Waals surface area (Å²) < 4.78 is 17.0. The third-order valence-electron chi connectivity index (χ3n) is 6.61. The van der Waals surface area contributed by atoms with E-state index in [4.69, 9.17) is 5.73 Å². The summed E-state index contributed by atoms with van der Waals surface area (Å²) in [6.45, 7) is 2.21. The summed E-state index contributed by atoms with van der Waals surface area (Å²) in [5.41, 5.74) is 7.79. The lowest BCUT2D eigenvalue weighted by atomic mass is 10.1. The van der Waals surface area contributed by atoms with Gasteiger partial charge in [0.25, 0.3) is 11.8 Å². The molecule has 0 radical (unpaired) electrons. The monoisotopic (exact) mass is 526 g/mol. The van der Waals surface area contributed by atoms with Crippen molar-refractivity contribution in [1.29, 1.82) is 5.26 Å². The first-order chi connectivity index (χ1) is 18.7. The highest BCUT2D eigenvalue weighted by Crippen LogP contribution is 2.32. The molecule has 0 aliphatic carbocycles. The van der Waals surface area contributed by atoms with Crippen LogP contribution in [0.3, 0.4) is 0 Å². The molecule has 0 unspecified atom stereocenters. The number of fused-ring (bicyclic) bond motifs is 1. The van der Waals surface area contributed by atoms with Crippen molar-refractivity contribution >= 4 is 23.4 Å². The van der Waals surface area contributed by atoms with Crippen LogP contribution in [0.25, 0.3) is 11.4 Å². The van der Waals surface area contributed by atoms with Gasteiger partial charge in [0.15, 0.2) is 5.69 Å². The van der Waals surface area contributed by atoms with E-state index in [0.29, 0.717) is 31.0 Å². The van der Waals surface area contributed by atoms with Crippen LogP contribution < -0.4 is 10.6 Å². The fourth-order valence-electron chi connectivity index (χ4n) is 4.48. The molecular weight excluding hydrogens is 503 g/mol. The molecule has 5 rings (SSSR count). The summed E-state index contributed by atoms with van der Waals surface area (Å²) in [5, 5.41) is 13.4. The molecule has 1 aliphatic heterocycles. The third kappa shape index (κ3) is 4.61. The van der Waals surface area contributed by atoms with Gasteiger partial charge in [0.1, 0.15) is 23.4 Å². The average molecular weight is 527 g/mol. The minimum Gasteiger partial charge on any atom is -0.364 e. The Kier molecular flexibility index (Phi) is 6.41. The number of carbonyl (C=O) groups is 3. The van der Waals surface area contributed by atoms with Gasteiger partial charge in [-0.05, 0) is 48.4 Å². The van der Waals surface area contributed by atoms with Crippen LogP contribution in [-0.2, 0) is 17.8 Å². The van der Waals surface area contributed by atoms with E-state index in [1.54, 1.807) is 29.1 Å². The second-order valence-corrected chi connectivity index (χ2v) is 9.08. The second-order valence-electron chi connectivity index (χ2n) is 9.08. The number of anilines is 1. The maximum absolute atomic E-state index is 13.9. The Morgan fingerprint density at radius 1 is 1.15 bits per heavy atom. The van der Waals surface area contributed by atoms with Crippen LogP contribution in [0.5, 0.6) is 0 Å². The number of aromatic nitrogens is 4. The van der Waals surface area contributed by atoms with Gasteiger partial charge in [-0.15, -0.1) is 0 Å². The van der Waals surface area contributed by atoms with E-state index in [2.05, 4.69) is 10.1 Å². The van der Waals surface area contributed by atoms with Crippen molar-refractivity contribution in [1.82, 2.24) is 24.2 Å². The van der Waals surface area contributed by atoms with Crippen molar-refractivity contribution in [3.63, 3.8) is 0 Å². The number of halogens is 1. The van der Waals surface area contributed by atoms with Gasteiger partial charge in [-0.3, -0.25) is 14.4 Å². The summed E-state index contributed by atoms with van der Waals surface area (Å²) in [5.74, 6) is -1.36. The van der Waals surface area contributed by atoms with Gasteiger partial charge in [-0.2, -0.15) is 10.4 Å². The first-order valence-electron chi connectivity index (χ1n) is 12.0. The largest absolute Gasteiger partial charge is 0.364 e. The second kappa shape index (κ2) is 9.86. The Hall–Kier alpha value is -5.31. The smallest absolute Gasteiger partial charge is 0.277 e. The van der Waals surface area contributed by atoms with Crippen molar-refractivity contribution < 1.29 is 18.8 Å². The number of nitrogens with two attached hydrogens (primary N) is 1. The minimum atomic E-state index is -0.830. The Bertz CT molecular complexity index is 1680. The number of carbonyl (C=O) groups excluding carboxylic acids is 3. The minimum absolute atomic E-state index is 0.0420. The highest BCUT2D eigenvalue weighted by Gasteiger charge is 2.30. The van der Waals surface area contributed by atoms with E-state index in [1.807, 2.05) is 29.0 Å². The lowest BCUT2D eigenvalue weighted by Crippen LogP contribution is -2.30. The Morgan fingerprint density at radius 2 is 1.92 bits per heavy atom. The lowest BCUT2D eigenvalue weighted by Gasteiger charge is -2.19. The molecule has 0 atom stereocenters. The van der Waals surface area contributed by atoms with Crippen LogP contribution in [0.4, 0.5) is 10.1 Å². The number of rotatable bonds is 6. The van der Waals surface area contributed by atoms with Crippen LogP contribution in [0.15, 0.2) is 54.9 Å². The van der Waals surface area contributed by atoms with E-state index in [9.17, 15) is 24.0 Å². The molecule has 196 valence electrons. The molecule has 0 saturated carbocycles. The average Bonchev–Trinajstić information content (AvgIpc) is 3.66. The number of benzene rings is 2. The van der Waals surface area contributed by atoms with Crippen molar-refractivity contribution in [2.24, 2.45) is 5.73 Å². The highest BCUT2D eigenvalue weighted by molar-refractivity contribution is 6.08. The SMILES string of the molecule is CC(=O)N(C)Cc1nccn1-c1ccc2c(c1)CCN2C(=O)c1cc(C(N)=O)nn1-c1ccc(F)c(C#N)c1. The molecule has 11 nitrogen and oxygen atoms in total. The van der Waals surface area contributed by atoms with Gasteiger partial charge < -0.3 is 20.1 Å². The molecule has 0 fully saturated rings. The summed E-state index contributed by atoms with van der Waals surface area (Å²) in [7, 11) is 1.70. The summed E-state index contributed by atoms with van der Waals surface area (Å²) in [6, 6.07) is 12.4. The highest BCUT2D eigenvalue weighted by atomic mass is 19.1. The first kappa shape index (κ1) is 25.3. The molecule has 3 heterocycles. The predicted octanol–water partition coefficient (Wildman–Crippen LogP) is 2.35. The lowest BCUT2D eigenvalue weighted by molar-refractivity contribution is -0.128. The summed E-state index contributed by atoms with van der Waals surface area (Å²) in [6.07, 6.45) is 4.06. The number of hydrogen-bond acceptors (Lipinski definition) is 6. The van der Waals surface area contributed by atoms with Crippen LogP contribution in [0.2, 0.25) is 0 Å². The zero-order valence-electron chi connectivity index (χ0n) is 21.1. The quantitative estimate of drug-likeness (QED) is 0.409. The molecule has 12 heteroatoms. The van der Waals surface area contributed by atoms with E-state index in [0.717, 1.165) is 17.3 Å². The number of imidazole rings is 1. The third-order valence-corrected chi connectivity index (χ3v) is 6.61. The van der Waals surface area contributed by atoms with Gasteiger partial charge in [-0.25, -0.2) is 14.1 Å². The molecule has 1 aliphatic rings. The van der Waals surface area contributed by atoms with Crippen LogP contribution in [0, 0.1) is 17.1 Å². The van der Waals surface area contributed by atoms with Gasteiger partial charge in [0.05, 0.1) is 17.8 Å². The summed E-state index contributed by atoms with van der Waals surface area (Å²) in [4.78, 5) is 44.8. The Labute approximate surface area is 222 Å². The molecule has 0 spiro atoms. The van der Waals surface area contributed by atoms with Gasteiger partial charge >= 0.3 is 0 Å². The van der Waals surface area contributed by atoms with E-state index in [1.165, 1.54) is 29.8 Å². The van der Waals surface area contributed by atoms with Crippen LogP contribution in [0.1, 0.15) is 44.9 Å². The number of primary amides is 1. The summed E-state index contributed by atoms with van der Waals surface area (Å²) >= 11 is 0. The van der Waals surface area contributed by atoms with E-state index < -0.39 is 17.6 Å².